The molecule has 0 unspecified atom stereocenters. The molecular weight excluding hydrogens is 407 g/mol. The Balaban J connectivity index is 0.000000200. The van der Waals surface area contributed by atoms with Gasteiger partial charge in [-0.25, -0.2) is 9.97 Å². The van der Waals surface area contributed by atoms with E-state index in [0.29, 0.717) is 11.7 Å². The lowest BCUT2D eigenvalue weighted by Crippen LogP contribution is -1.94. The molecule has 2 heterocycles. The molecule has 2 aromatic heterocycles. The van der Waals surface area contributed by atoms with Gasteiger partial charge in [-0.05, 0) is 0 Å². The van der Waals surface area contributed by atoms with Crippen molar-refractivity contribution >= 4 is 24.0 Å². The largest absolute Gasteiger partial charge is 0.388 e. The standard InChI is InChI=1S/C11H11ClN2.C11H12N2O.ClH/c1-14-8-10(13-11(14)7-12)9-5-3-2-4-6-9;1-13-7-10(12-11(13)8-14)9-5-3-2-4-6-9;/h2-6,8H,7H2,1H3;2-7,14H,8H2,1H3;1H. The van der Waals surface area contributed by atoms with Crippen LogP contribution in [0, 0.1) is 0 Å². The third-order valence-corrected chi connectivity index (χ3v) is 4.58. The van der Waals surface area contributed by atoms with Crippen molar-refractivity contribution in [3.8, 4) is 22.5 Å². The summed E-state index contributed by atoms with van der Waals surface area (Å²) in [5.74, 6) is 2.03. The molecule has 0 bridgehead atoms. The maximum absolute atomic E-state index is 9.00. The summed E-state index contributed by atoms with van der Waals surface area (Å²) in [6.45, 7) is -0.0245. The van der Waals surface area contributed by atoms with E-state index >= 15 is 0 Å². The number of nitrogens with zero attached hydrogens (tertiary/aromatic N) is 4. The normalized spacial score (nSPS) is 10.1. The van der Waals surface area contributed by atoms with Crippen molar-refractivity contribution in [3.63, 3.8) is 0 Å². The van der Waals surface area contributed by atoms with E-state index in [1.165, 1.54) is 0 Å². The van der Waals surface area contributed by atoms with E-state index in [0.717, 1.165) is 28.3 Å². The summed E-state index contributed by atoms with van der Waals surface area (Å²) in [5, 5.41) is 9.00. The van der Waals surface area contributed by atoms with Gasteiger partial charge in [-0.1, -0.05) is 60.7 Å². The molecule has 0 saturated heterocycles. The first kappa shape index (κ1) is 22.7. The Labute approximate surface area is 182 Å². The van der Waals surface area contributed by atoms with Crippen LogP contribution >= 0.6 is 24.0 Å². The lowest BCUT2D eigenvalue weighted by Gasteiger charge is -1.92. The van der Waals surface area contributed by atoms with Crippen LogP contribution in [0.1, 0.15) is 11.6 Å². The topological polar surface area (TPSA) is 55.9 Å². The minimum atomic E-state index is -0.0245. The number of rotatable bonds is 4. The average Bonchev–Trinajstić information content (AvgIpc) is 3.32. The van der Waals surface area contributed by atoms with Gasteiger partial charge in [-0.15, -0.1) is 24.0 Å². The summed E-state index contributed by atoms with van der Waals surface area (Å²) in [6, 6.07) is 20.0. The molecular formula is C22H24Cl2N4O. The van der Waals surface area contributed by atoms with Gasteiger partial charge >= 0.3 is 0 Å². The van der Waals surface area contributed by atoms with Crippen molar-refractivity contribution < 1.29 is 5.11 Å². The number of halogens is 2. The third-order valence-electron chi connectivity index (χ3n) is 4.35. The molecule has 1 N–H and O–H groups in total. The predicted octanol–water partition coefficient (Wildman–Crippen LogP) is 4.83. The number of benzene rings is 2. The van der Waals surface area contributed by atoms with Gasteiger partial charge in [0.2, 0.25) is 0 Å². The molecule has 0 fully saturated rings. The van der Waals surface area contributed by atoms with E-state index < -0.39 is 0 Å². The maximum atomic E-state index is 9.00. The SMILES string of the molecule is Cl.Cn1cc(-c2ccccc2)nc1CCl.Cn1cc(-c2ccccc2)nc1CO. The highest BCUT2D eigenvalue weighted by molar-refractivity contribution is 6.16. The fourth-order valence-corrected chi connectivity index (χ4v) is 3.02. The number of alkyl halides is 1. The lowest BCUT2D eigenvalue weighted by atomic mass is 10.2. The van der Waals surface area contributed by atoms with Crippen LogP contribution in [0.4, 0.5) is 0 Å². The van der Waals surface area contributed by atoms with E-state index in [9.17, 15) is 0 Å². The molecule has 7 heteroatoms. The monoisotopic (exact) mass is 430 g/mol. The van der Waals surface area contributed by atoms with Gasteiger partial charge in [0, 0.05) is 37.6 Å². The zero-order chi connectivity index (χ0) is 19.9. The molecule has 5 nitrogen and oxygen atoms in total. The van der Waals surface area contributed by atoms with E-state index in [1.807, 2.05) is 96.3 Å². The second-order valence-corrected chi connectivity index (χ2v) is 6.60. The molecule has 29 heavy (non-hydrogen) atoms. The maximum Gasteiger partial charge on any atom is 0.134 e. The van der Waals surface area contributed by atoms with E-state index in [4.69, 9.17) is 16.7 Å². The van der Waals surface area contributed by atoms with Gasteiger partial charge in [-0.2, -0.15) is 0 Å². The molecule has 4 rings (SSSR count). The van der Waals surface area contributed by atoms with Gasteiger partial charge in [0.15, 0.2) is 0 Å². The zero-order valence-corrected chi connectivity index (χ0v) is 17.9. The van der Waals surface area contributed by atoms with Crippen molar-refractivity contribution in [2.45, 2.75) is 12.5 Å². The number of imidazole rings is 2. The molecule has 152 valence electrons. The first-order chi connectivity index (χ1) is 13.6. The number of hydrogen-bond acceptors (Lipinski definition) is 3. The zero-order valence-electron chi connectivity index (χ0n) is 16.4. The fourth-order valence-electron chi connectivity index (χ4n) is 2.78. The van der Waals surface area contributed by atoms with Crippen molar-refractivity contribution in [3.05, 3.63) is 84.7 Å². The minimum absolute atomic E-state index is 0. The first-order valence-corrected chi connectivity index (χ1v) is 9.48. The van der Waals surface area contributed by atoms with Crippen LogP contribution in [0.25, 0.3) is 22.5 Å². The summed E-state index contributed by atoms with van der Waals surface area (Å²) < 4.78 is 3.79. The highest BCUT2D eigenvalue weighted by Crippen LogP contribution is 2.18. The van der Waals surface area contributed by atoms with Crippen molar-refractivity contribution in [2.24, 2.45) is 14.1 Å². The molecule has 0 spiro atoms. The minimum Gasteiger partial charge on any atom is -0.388 e. The van der Waals surface area contributed by atoms with Gasteiger partial charge < -0.3 is 14.2 Å². The van der Waals surface area contributed by atoms with E-state index in [1.54, 1.807) is 0 Å². The number of aryl methyl sites for hydroxylation is 2. The van der Waals surface area contributed by atoms with Crippen LogP contribution in [-0.2, 0) is 26.6 Å². The fraction of sp³-hybridized carbons (Fsp3) is 0.182. The molecule has 0 aliphatic heterocycles. The van der Waals surface area contributed by atoms with Crippen molar-refractivity contribution in [1.82, 2.24) is 19.1 Å². The summed E-state index contributed by atoms with van der Waals surface area (Å²) in [4.78, 5) is 8.74. The molecule has 0 amide bonds. The number of aliphatic hydroxyl groups excluding tert-OH is 1. The Hall–Kier alpha value is -2.60. The Morgan fingerprint density at radius 3 is 1.52 bits per heavy atom. The van der Waals surface area contributed by atoms with Gasteiger partial charge in [0.1, 0.15) is 18.3 Å². The third kappa shape index (κ3) is 5.70. The summed E-state index contributed by atoms with van der Waals surface area (Å²) in [6.07, 6.45) is 3.91. The molecule has 2 aromatic carbocycles. The Morgan fingerprint density at radius 1 is 0.759 bits per heavy atom. The summed E-state index contributed by atoms with van der Waals surface area (Å²) >= 11 is 5.75. The smallest absolute Gasteiger partial charge is 0.134 e. The van der Waals surface area contributed by atoms with Crippen molar-refractivity contribution in [2.75, 3.05) is 0 Å². The lowest BCUT2D eigenvalue weighted by molar-refractivity contribution is 0.267. The molecule has 0 saturated carbocycles. The van der Waals surface area contributed by atoms with Crippen molar-refractivity contribution in [1.29, 1.82) is 0 Å². The van der Waals surface area contributed by atoms with Crippen LogP contribution in [-0.4, -0.2) is 24.2 Å². The van der Waals surface area contributed by atoms with Gasteiger partial charge in [-0.3, -0.25) is 0 Å². The van der Waals surface area contributed by atoms with Crippen LogP contribution < -0.4 is 0 Å². The average molecular weight is 431 g/mol. The van der Waals surface area contributed by atoms with E-state index in [-0.39, 0.29) is 19.0 Å². The van der Waals surface area contributed by atoms with Gasteiger partial charge in [0.05, 0.1) is 17.3 Å². The van der Waals surface area contributed by atoms with Crippen LogP contribution in [0.15, 0.2) is 73.1 Å². The molecule has 0 aliphatic rings. The first-order valence-electron chi connectivity index (χ1n) is 8.94. The molecule has 4 aromatic rings. The van der Waals surface area contributed by atoms with Crippen LogP contribution in [0.2, 0.25) is 0 Å². The number of aliphatic hydroxyl groups is 1. The summed E-state index contributed by atoms with van der Waals surface area (Å²) in [7, 11) is 3.84. The molecule has 0 radical (unpaired) electrons. The summed E-state index contributed by atoms with van der Waals surface area (Å²) in [5.41, 5.74) is 4.07. The van der Waals surface area contributed by atoms with Crippen LogP contribution in [0.5, 0.6) is 0 Å². The van der Waals surface area contributed by atoms with Crippen LogP contribution in [0.3, 0.4) is 0 Å². The Kier molecular flexibility index (Phi) is 8.46. The number of hydrogen-bond donors (Lipinski definition) is 1. The Morgan fingerprint density at radius 2 is 1.17 bits per heavy atom. The molecule has 0 aliphatic carbocycles. The van der Waals surface area contributed by atoms with E-state index in [2.05, 4.69) is 9.97 Å². The van der Waals surface area contributed by atoms with Gasteiger partial charge in [0.25, 0.3) is 0 Å². The number of aromatic nitrogens is 4. The predicted molar refractivity (Wildman–Crippen MR) is 120 cm³/mol. The highest BCUT2D eigenvalue weighted by Gasteiger charge is 2.05. The molecule has 0 atom stereocenters. The quantitative estimate of drug-likeness (QED) is 0.471. The Bertz CT molecular complexity index is 930. The highest BCUT2D eigenvalue weighted by atomic mass is 35.5. The second-order valence-electron chi connectivity index (χ2n) is 6.33. The second kappa shape index (κ2) is 10.8.